The topological polar surface area (TPSA) is 59.4 Å². The van der Waals surface area contributed by atoms with Crippen molar-refractivity contribution in [3.05, 3.63) is 58.6 Å². The third-order valence-electron chi connectivity index (χ3n) is 4.54. The Labute approximate surface area is 149 Å². The molecule has 134 valence electrons. The Morgan fingerprint density at radius 2 is 1.85 bits per heavy atom. The van der Waals surface area contributed by atoms with E-state index in [2.05, 4.69) is 10.3 Å². The van der Waals surface area contributed by atoms with Gasteiger partial charge in [-0.1, -0.05) is 0 Å². The van der Waals surface area contributed by atoms with Gasteiger partial charge in [-0.25, -0.2) is 13.9 Å². The molecular formula is C19H19FN4O2. The minimum absolute atomic E-state index is 0.214. The van der Waals surface area contributed by atoms with Gasteiger partial charge >= 0.3 is 0 Å². The third kappa shape index (κ3) is 2.90. The van der Waals surface area contributed by atoms with E-state index in [1.165, 1.54) is 18.2 Å². The van der Waals surface area contributed by atoms with E-state index in [9.17, 15) is 9.18 Å². The van der Waals surface area contributed by atoms with Gasteiger partial charge in [0.25, 0.3) is 5.56 Å². The highest BCUT2D eigenvalue weighted by Gasteiger charge is 2.20. The molecule has 6 nitrogen and oxygen atoms in total. The summed E-state index contributed by atoms with van der Waals surface area (Å²) < 4.78 is 20.5. The summed E-state index contributed by atoms with van der Waals surface area (Å²) in [5, 5.41) is 3.68. The Hall–Kier alpha value is -2.93. The van der Waals surface area contributed by atoms with Gasteiger partial charge in [-0.05, 0) is 36.4 Å². The molecule has 0 amide bonds. The standard InChI is InChI=1S/C19H19FN4O2/c1-26-15-5-3-14(4-6-15)24-18(25)16-7-2-13(20)12-17(16)22-19(24)23-10-8-21-9-11-23/h2-7,12,21H,8-11H2,1H3. The molecule has 4 rings (SSSR count). The molecule has 1 aromatic heterocycles. The van der Waals surface area contributed by atoms with Gasteiger partial charge in [0.15, 0.2) is 0 Å². The van der Waals surface area contributed by atoms with Crippen molar-refractivity contribution < 1.29 is 9.13 Å². The number of hydrogen-bond acceptors (Lipinski definition) is 5. The monoisotopic (exact) mass is 354 g/mol. The first-order valence-electron chi connectivity index (χ1n) is 8.50. The number of hydrogen-bond donors (Lipinski definition) is 1. The van der Waals surface area contributed by atoms with E-state index in [0.717, 1.165) is 26.2 Å². The fourth-order valence-corrected chi connectivity index (χ4v) is 3.19. The van der Waals surface area contributed by atoms with E-state index in [-0.39, 0.29) is 5.56 Å². The number of aromatic nitrogens is 2. The number of nitrogens with zero attached hydrogens (tertiary/aromatic N) is 3. The van der Waals surface area contributed by atoms with Gasteiger partial charge in [0.1, 0.15) is 11.6 Å². The second-order valence-corrected chi connectivity index (χ2v) is 6.15. The van der Waals surface area contributed by atoms with Crippen LogP contribution in [0.4, 0.5) is 10.3 Å². The first-order valence-corrected chi connectivity index (χ1v) is 8.50. The number of methoxy groups -OCH3 is 1. The largest absolute Gasteiger partial charge is 0.497 e. The van der Waals surface area contributed by atoms with Crippen molar-refractivity contribution in [1.29, 1.82) is 0 Å². The van der Waals surface area contributed by atoms with Crippen molar-refractivity contribution in [3.63, 3.8) is 0 Å². The number of rotatable bonds is 3. The lowest BCUT2D eigenvalue weighted by Gasteiger charge is -2.30. The highest BCUT2D eigenvalue weighted by molar-refractivity contribution is 5.79. The van der Waals surface area contributed by atoms with Crippen LogP contribution in [0.2, 0.25) is 0 Å². The first-order chi connectivity index (χ1) is 12.7. The van der Waals surface area contributed by atoms with Gasteiger partial charge in [0.2, 0.25) is 5.95 Å². The summed E-state index contributed by atoms with van der Waals surface area (Å²) >= 11 is 0. The lowest BCUT2D eigenvalue weighted by molar-refractivity contribution is 0.414. The predicted octanol–water partition coefficient (Wildman–Crippen LogP) is 1.94. The van der Waals surface area contributed by atoms with Crippen LogP contribution in [-0.4, -0.2) is 42.8 Å². The maximum atomic E-state index is 13.7. The molecule has 0 aliphatic carbocycles. The van der Waals surface area contributed by atoms with Crippen molar-refractivity contribution >= 4 is 16.9 Å². The molecule has 1 N–H and O–H groups in total. The van der Waals surface area contributed by atoms with Crippen molar-refractivity contribution in [2.45, 2.75) is 0 Å². The van der Waals surface area contributed by atoms with Gasteiger partial charge in [0, 0.05) is 32.2 Å². The number of benzene rings is 2. The number of anilines is 1. The van der Waals surface area contributed by atoms with Crippen LogP contribution in [0.25, 0.3) is 16.6 Å². The van der Waals surface area contributed by atoms with Gasteiger partial charge < -0.3 is 15.0 Å². The number of halogens is 1. The van der Waals surface area contributed by atoms with Crippen LogP contribution in [-0.2, 0) is 0 Å². The van der Waals surface area contributed by atoms with Crippen LogP contribution in [0.5, 0.6) is 5.75 Å². The number of fused-ring (bicyclic) bond motifs is 1. The highest BCUT2D eigenvalue weighted by atomic mass is 19.1. The van der Waals surface area contributed by atoms with Crippen LogP contribution in [0.3, 0.4) is 0 Å². The van der Waals surface area contributed by atoms with Gasteiger partial charge in [-0.3, -0.25) is 4.79 Å². The van der Waals surface area contributed by atoms with E-state index < -0.39 is 5.82 Å². The molecule has 7 heteroatoms. The van der Waals surface area contributed by atoms with Crippen LogP contribution < -0.4 is 20.5 Å². The predicted molar refractivity (Wildman–Crippen MR) is 98.9 cm³/mol. The second kappa shape index (κ2) is 6.76. The van der Waals surface area contributed by atoms with Crippen molar-refractivity contribution in [2.75, 3.05) is 38.2 Å². The van der Waals surface area contributed by atoms with E-state index in [0.29, 0.717) is 28.3 Å². The second-order valence-electron chi connectivity index (χ2n) is 6.15. The normalized spacial score (nSPS) is 14.6. The molecule has 2 heterocycles. The van der Waals surface area contributed by atoms with Gasteiger partial charge in [-0.15, -0.1) is 0 Å². The molecular weight excluding hydrogens is 335 g/mol. The molecule has 26 heavy (non-hydrogen) atoms. The highest BCUT2D eigenvalue weighted by Crippen LogP contribution is 2.22. The Morgan fingerprint density at radius 1 is 1.12 bits per heavy atom. The molecule has 1 aliphatic heterocycles. The van der Waals surface area contributed by atoms with E-state index in [1.54, 1.807) is 23.8 Å². The van der Waals surface area contributed by atoms with Crippen LogP contribution in [0, 0.1) is 5.82 Å². The Kier molecular flexibility index (Phi) is 4.30. The molecule has 1 aliphatic rings. The van der Waals surface area contributed by atoms with Crippen molar-refractivity contribution in [2.24, 2.45) is 0 Å². The van der Waals surface area contributed by atoms with Gasteiger partial charge in [-0.2, -0.15) is 0 Å². The summed E-state index contributed by atoms with van der Waals surface area (Å²) in [7, 11) is 1.60. The third-order valence-corrected chi connectivity index (χ3v) is 4.54. The minimum Gasteiger partial charge on any atom is -0.497 e. The fraction of sp³-hybridized carbons (Fsp3) is 0.263. The summed E-state index contributed by atoms with van der Waals surface area (Å²) in [5.41, 5.74) is 0.852. The lowest BCUT2D eigenvalue weighted by Crippen LogP contribution is -2.46. The van der Waals surface area contributed by atoms with Gasteiger partial charge in [0.05, 0.1) is 23.7 Å². The summed E-state index contributed by atoms with van der Waals surface area (Å²) in [6, 6.07) is 11.3. The maximum absolute atomic E-state index is 13.7. The zero-order valence-corrected chi connectivity index (χ0v) is 14.4. The Balaban J connectivity index is 1.96. The molecule has 0 unspecified atom stereocenters. The SMILES string of the molecule is COc1ccc(-n2c(N3CCNCC3)nc3cc(F)ccc3c2=O)cc1. The molecule has 0 radical (unpaired) electrons. The van der Waals surface area contributed by atoms with Crippen LogP contribution >= 0.6 is 0 Å². The summed E-state index contributed by atoms with van der Waals surface area (Å²) in [4.78, 5) is 19.9. The molecule has 0 bridgehead atoms. The van der Waals surface area contributed by atoms with E-state index in [4.69, 9.17) is 4.74 Å². The Morgan fingerprint density at radius 3 is 2.54 bits per heavy atom. The maximum Gasteiger partial charge on any atom is 0.267 e. The zero-order chi connectivity index (χ0) is 18.1. The van der Waals surface area contributed by atoms with Crippen LogP contribution in [0.1, 0.15) is 0 Å². The quantitative estimate of drug-likeness (QED) is 0.779. The fourth-order valence-electron chi connectivity index (χ4n) is 3.19. The average molecular weight is 354 g/mol. The lowest BCUT2D eigenvalue weighted by atomic mass is 10.2. The summed E-state index contributed by atoms with van der Waals surface area (Å²) in [6.07, 6.45) is 0. The zero-order valence-electron chi connectivity index (χ0n) is 14.4. The number of piperazine rings is 1. The van der Waals surface area contributed by atoms with Crippen molar-refractivity contribution in [3.8, 4) is 11.4 Å². The van der Waals surface area contributed by atoms with E-state index in [1.807, 2.05) is 17.0 Å². The van der Waals surface area contributed by atoms with E-state index >= 15 is 0 Å². The molecule has 2 aromatic carbocycles. The summed E-state index contributed by atoms with van der Waals surface area (Å²) in [6.45, 7) is 3.06. The molecule has 1 saturated heterocycles. The van der Waals surface area contributed by atoms with Crippen LogP contribution in [0.15, 0.2) is 47.3 Å². The summed E-state index contributed by atoms with van der Waals surface area (Å²) in [5.74, 6) is 0.832. The molecule has 0 spiro atoms. The molecule has 1 fully saturated rings. The first kappa shape index (κ1) is 16.5. The molecule has 3 aromatic rings. The van der Waals surface area contributed by atoms with Crippen molar-refractivity contribution in [1.82, 2.24) is 14.9 Å². The minimum atomic E-state index is -0.405. The molecule has 0 atom stereocenters. The number of ether oxygens (including phenoxy) is 1. The Bertz CT molecular complexity index is 995. The number of nitrogens with one attached hydrogen (secondary N) is 1. The smallest absolute Gasteiger partial charge is 0.267 e. The average Bonchev–Trinajstić information content (AvgIpc) is 2.68. The molecule has 0 saturated carbocycles.